The number of halogens is 4. The molecule has 1 atom stereocenters. The minimum atomic E-state index is -3.25. The van der Waals surface area contributed by atoms with Crippen LogP contribution < -0.4 is 19.1 Å². The van der Waals surface area contributed by atoms with Crippen LogP contribution in [0, 0.1) is 5.21 Å². The van der Waals surface area contributed by atoms with E-state index in [9.17, 15) is 27.9 Å². The van der Waals surface area contributed by atoms with E-state index in [1.165, 1.54) is 24.5 Å². The smallest absolute Gasteiger partial charge is 0.387 e. The number of anilines is 1. The number of aliphatic hydroxyl groups is 1. The summed E-state index contributed by atoms with van der Waals surface area (Å²) in [6, 6.07) is 20.5. The number of aromatic nitrogens is 2. The van der Waals surface area contributed by atoms with Crippen molar-refractivity contribution in [2.75, 3.05) is 18.1 Å². The van der Waals surface area contributed by atoms with E-state index < -0.39 is 30.6 Å². The van der Waals surface area contributed by atoms with Crippen LogP contribution in [0.4, 0.5) is 23.4 Å². The lowest BCUT2D eigenvalue weighted by Gasteiger charge is -2.24. The lowest BCUT2D eigenvalue weighted by molar-refractivity contribution is -0.605. The van der Waals surface area contributed by atoms with Crippen molar-refractivity contribution in [3.8, 4) is 11.5 Å². The summed E-state index contributed by atoms with van der Waals surface area (Å²) in [5, 5.41) is 21.1. The van der Waals surface area contributed by atoms with Gasteiger partial charge in [0.1, 0.15) is 5.82 Å². The topological polar surface area (TPSA) is 81.8 Å². The molecule has 2 aromatic heterocycles. The number of aliphatic hydroxyl groups excluding tert-OH is 1. The summed E-state index contributed by atoms with van der Waals surface area (Å²) in [7, 11) is 0. The standard InChI is InChI=1S/C29H27F4N3O4/c30-28(31)39-25-8-6-22(17-26(25)40-29(32)33)24(16-20-10-12-36(38)13-11-20)23-7-9-27(34-18-23)35(14-15-37)19-21-4-2-1-3-5-21/h1-13,17-18,24,28-29,37H,14-16,19H2. The molecule has 0 spiro atoms. The zero-order chi connectivity index (χ0) is 28.5. The largest absolute Gasteiger partial charge is 0.619 e. The fourth-order valence-electron chi connectivity index (χ4n) is 4.36. The molecule has 7 nitrogen and oxygen atoms in total. The van der Waals surface area contributed by atoms with Gasteiger partial charge in [-0.05, 0) is 46.9 Å². The molecule has 0 saturated carbocycles. The zero-order valence-corrected chi connectivity index (χ0v) is 21.2. The van der Waals surface area contributed by atoms with Gasteiger partial charge in [0.25, 0.3) is 0 Å². The highest BCUT2D eigenvalue weighted by atomic mass is 19.3. The van der Waals surface area contributed by atoms with E-state index in [0.717, 1.165) is 17.2 Å². The van der Waals surface area contributed by atoms with Gasteiger partial charge in [-0.15, -0.1) is 0 Å². The molecule has 40 heavy (non-hydrogen) atoms. The van der Waals surface area contributed by atoms with Crippen LogP contribution in [-0.4, -0.2) is 36.5 Å². The minimum absolute atomic E-state index is 0.0768. The lowest BCUT2D eigenvalue weighted by Crippen LogP contribution is -2.27. The molecule has 4 rings (SSSR count). The second-order valence-corrected chi connectivity index (χ2v) is 8.87. The van der Waals surface area contributed by atoms with Gasteiger partial charge in [0.2, 0.25) is 0 Å². The molecule has 210 valence electrons. The van der Waals surface area contributed by atoms with Crippen LogP contribution in [-0.2, 0) is 13.0 Å². The summed E-state index contributed by atoms with van der Waals surface area (Å²) in [6.45, 7) is -5.68. The fraction of sp³-hybridized carbons (Fsp3) is 0.241. The molecular weight excluding hydrogens is 530 g/mol. The molecule has 0 radical (unpaired) electrons. The Morgan fingerprint density at radius 3 is 2.12 bits per heavy atom. The quantitative estimate of drug-likeness (QED) is 0.137. The highest BCUT2D eigenvalue weighted by molar-refractivity contribution is 5.48. The number of rotatable bonds is 13. The lowest BCUT2D eigenvalue weighted by atomic mass is 9.86. The van der Waals surface area contributed by atoms with Crippen molar-refractivity contribution in [3.05, 3.63) is 119 Å². The molecule has 0 aliphatic carbocycles. The molecule has 0 aliphatic rings. The van der Waals surface area contributed by atoms with Gasteiger partial charge in [0.05, 0.1) is 6.61 Å². The third kappa shape index (κ3) is 7.82. The number of hydrogen-bond donors (Lipinski definition) is 1. The molecule has 1 N–H and O–H groups in total. The van der Waals surface area contributed by atoms with Gasteiger partial charge in [0, 0.05) is 37.3 Å². The molecular formula is C29H27F4N3O4. The van der Waals surface area contributed by atoms with Crippen LogP contribution in [0.15, 0.2) is 91.4 Å². The van der Waals surface area contributed by atoms with E-state index in [2.05, 4.69) is 14.5 Å². The van der Waals surface area contributed by atoms with E-state index >= 15 is 0 Å². The molecule has 0 saturated heterocycles. The average molecular weight is 558 g/mol. The van der Waals surface area contributed by atoms with E-state index in [4.69, 9.17) is 0 Å². The van der Waals surface area contributed by atoms with Gasteiger partial charge in [-0.1, -0.05) is 42.5 Å². The monoisotopic (exact) mass is 557 g/mol. The third-order valence-electron chi connectivity index (χ3n) is 6.20. The van der Waals surface area contributed by atoms with Crippen molar-refractivity contribution < 1.29 is 36.9 Å². The van der Waals surface area contributed by atoms with Gasteiger partial charge < -0.3 is 24.7 Å². The normalized spacial score (nSPS) is 12.0. The van der Waals surface area contributed by atoms with Gasteiger partial charge in [0.15, 0.2) is 23.9 Å². The number of hydrogen-bond acceptors (Lipinski definition) is 6. The van der Waals surface area contributed by atoms with Crippen molar-refractivity contribution in [3.63, 3.8) is 0 Å². The number of pyridine rings is 2. The highest BCUT2D eigenvalue weighted by Crippen LogP contribution is 2.37. The van der Waals surface area contributed by atoms with Crippen molar-refractivity contribution in [2.24, 2.45) is 0 Å². The minimum Gasteiger partial charge on any atom is -0.619 e. The molecule has 0 bridgehead atoms. The first kappa shape index (κ1) is 28.6. The SMILES string of the molecule is [O-][n+]1ccc(CC(c2ccc(N(CCO)Cc3ccccc3)nc2)c2ccc(OC(F)F)c(OC(F)F)c2)cc1. The Morgan fingerprint density at radius 1 is 0.825 bits per heavy atom. The molecule has 4 aromatic rings. The molecule has 11 heteroatoms. The molecule has 0 amide bonds. The third-order valence-corrected chi connectivity index (χ3v) is 6.20. The Labute approximate surface area is 228 Å². The Morgan fingerprint density at radius 2 is 1.50 bits per heavy atom. The summed E-state index contributed by atoms with van der Waals surface area (Å²) in [4.78, 5) is 6.53. The number of ether oxygens (including phenoxy) is 2. The fourth-order valence-corrected chi connectivity index (χ4v) is 4.36. The number of alkyl halides is 4. The number of benzene rings is 2. The molecule has 2 heterocycles. The van der Waals surface area contributed by atoms with Crippen LogP contribution in [0.3, 0.4) is 0 Å². The first-order valence-electron chi connectivity index (χ1n) is 12.4. The van der Waals surface area contributed by atoms with E-state index in [1.54, 1.807) is 24.4 Å². The van der Waals surface area contributed by atoms with Gasteiger partial charge in [-0.3, -0.25) is 0 Å². The van der Waals surface area contributed by atoms with Crippen molar-refractivity contribution in [1.29, 1.82) is 0 Å². The maximum Gasteiger partial charge on any atom is 0.387 e. The summed E-state index contributed by atoms with van der Waals surface area (Å²) in [5.41, 5.74) is 3.01. The Balaban J connectivity index is 1.69. The van der Waals surface area contributed by atoms with Gasteiger partial charge >= 0.3 is 13.2 Å². The van der Waals surface area contributed by atoms with Gasteiger partial charge in [-0.2, -0.15) is 22.3 Å². The first-order chi connectivity index (χ1) is 19.3. The second-order valence-electron chi connectivity index (χ2n) is 8.87. The molecule has 2 aromatic carbocycles. The maximum atomic E-state index is 13.1. The van der Waals surface area contributed by atoms with Crippen molar-refractivity contribution >= 4 is 5.82 Å². The van der Waals surface area contributed by atoms with E-state index in [-0.39, 0.29) is 6.61 Å². The van der Waals surface area contributed by atoms with Crippen LogP contribution >= 0.6 is 0 Å². The maximum absolute atomic E-state index is 13.1. The van der Waals surface area contributed by atoms with Crippen LogP contribution in [0.1, 0.15) is 28.2 Å². The highest BCUT2D eigenvalue weighted by Gasteiger charge is 2.22. The molecule has 0 fully saturated rings. The second kappa shape index (κ2) is 13.6. The van der Waals surface area contributed by atoms with Crippen molar-refractivity contribution in [2.45, 2.75) is 32.1 Å². The Hall–Kier alpha value is -4.38. The summed E-state index contributed by atoms with van der Waals surface area (Å²) < 4.78 is 61.4. The van der Waals surface area contributed by atoms with Gasteiger partial charge in [-0.25, -0.2) is 4.98 Å². The average Bonchev–Trinajstić information content (AvgIpc) is 2.94. The predicted molar refractivity (Wildman–Crippen MR) is 139 cm³/mol. The molecule has 1 unspecified atom stereocenters. The molecule has 0 aliphatic heterocycles. The summed E-state index contributed by atoms with van der Waals surface area (Å²) in [6.07, 6.45) is 4.67. The first-order valence-corrected chi connectivity index (χ1v) is 12.4. The van der Waals surface area contributed by atoms with E-state index in [0.29, 0.717) is 41.2 Å². The predicted octanol–water partition coefficient (Wildman–Crippen LogP) is 5.29. The summed E-state index contributed by atoms with van der Waals surface area (Å²) >= 11 is 0. The Bertz CT molecular complexity index is 1340. The van der Waals surface area contributed by atoms with Crippen LogP contribution in [0.5, 0.6) is 11.5 Å². The number of nitrogens with zero attached hydrogens (tertiary/aromatic N) is 3. The summed E-state index contributed by atoms with van der Waals surface area (Å²) in [5.74, 6) is -0.885. The Kier molecular flexibility index (Phi) is 9.74. The van der Waals surface area contributed by atoms with Crippen molar-refractivity contribution in [1.82, 2.24) is 4.98 Å². The van der Waals surface area contributed by atoms with Crippen LogP contribution in [0.2, 0.25) is 0 Å². The zero-order valence-electron chi connectivity index (χ0n) is 21.2. The van der Waals surface area contributed by atoms with E-state index in [1.807, 2.05) is 41.3 Å². The van der Waals surface area contributed by atoms with Crippen LogP contribution in [0.25, 0.3) is 0 Å².